The maximum Gasteiger partial charge on any atom is 0.260 e. The molecule has 1 amide bonds. The average Bonchev–Trinajstić information content (AvgIpc) is 2.67. The van der Waals surface area contributed by atoms with E-state index in [9.17, 15) is 9.59 Å². The van der Waals surface area contributed by atoms with E-state index in [2.05, 4.69) is 12.1 Å². The van der Waals surface area contributed by atoms with Gasteiger partial charge in [0.05, 0.1) is 12.7 Å². The lowest BCUT2D eigenvalue weighted by Crippen LogP contribution is -2.47. The van der Waals surface area contributed by atoms with E-state index in [1.165, 1.54) is 12.5 Å². The maximum atomic E-state index is 12.4. The van der Waals surface area contributed by atoms with Crippen LogP contribution < -0.4 is 4.74 Å². The zero-order chi connectivity index (χ0) is 18.4. The second-order valence-electron chi connectivity index (χ2n) is 6.39. The highest BCUT2D eigenvalue weighted by molar-refractivity contribution is 5.94. The molecule has 1 fully saturated rings. The third-order valence-corrected chi connectivity index (χ3v) is 4.42. The molecule has 0 saturated carbocycles. The van der Waals surface area contributed by atoms with Crippen molar-refractivity contribution < 1.29 is 19.1 Å². The Labute approximate surface area is 153 Å². The third-order valence-electron chi connectivity index (χ3n) is 4.42. The highest BCUT2D eigenvalue weighted by Crippen LogP contribution is 2.14. The van der Waals surface area contributed by atoms with Gasteiger partial charge >= 0.3 is 0 Å². The fraction of sp³-hybridized carbons (Fsp3) is 0.333. The molecule has 2 aromatic carbocycles. The van der Waals surface area contributed by atoms with E-state index in [1.807, 2.05) is 18.2 Å². The fourth-order valence-corrected chi connectivity index (χ4v) is 2.97. The summed E-state index contributed by atoms with van der Waals surface area (Å²) in [7, 11) is 0. The van der Waals surface area contributed by atoms with Crippen LogP contribution in [0.25, 0.3) is 0 Å². The quantitative estimate of drug-likeness (QED) is 0.750. The van der Waals surface area contributed by atoms with E-state index in [4.69, 9.17) is 9.47 Å². The molecular weight excluding hydrogens is 330 g/mol. The molecule has 0 aromatic heterocycles. The summed E-state index contributed by atoms with van der Waals surface area (Å²) in [4.78, 5) is 25.5. The van der Waals surface area contributed by atoms with Crippen LogP contribution in [-0.2, 0) is 16.0 Å². The Balaban J connectivity index is 1.50. The summed E-state index contributed by atoms with van der Waals surface area (Å²) in [5.74, 6) is 0.532. The second kappa shape index (κ2) is 8.63. The minimum Gasteiger partial charge on any atom is -0.484 e. The summed E-state index contributed by atoms with van der Waals surface area (Å²) in [6, 6.07) is 17.0. The van der Waals surface area contributed by atoms with Crippen LogP contribution in [0.1, 0.15) is 22.8 Å². The molecule has 1 aliphatic heterocycles. The Morgan fingerprint density at radius 3 is 2.54 bits per heavy atom. The molecule has 2 aromatic rings. The number of benzene rings is 2. The zero-order valence-corrected chi connectivity index (χ0v) is 14.9. The number of carbonyl (C=O) groups is 2. The lowest BCUT2D eigenvalue weighted by molar-refractivity contribution is -0.140. The minimum atomic E-state index is -0.0537. The van der Waals surface area contributed by atoms with Gasteiger partial charge in [-0.05, 0) is 36.8 Å². The Bertz CT molecular complexity index is 742. The molecule has 0 radical (unpaired) electrons. The highest BCUT2D eigenvalue weighted by atomic mass is 16.5. The molecule has 0 bridgehead atoms. The Morgan fingerprint density at radius 2 is 1.85 bits per heavy atom. The van der Waals surface area contributed by atoms with E-state index in [-0.39, 0.29) is 24.4 Å². The van der Waals surface area contributed by atoms with Crippen LogP contribution in [0.5, 0.6) is 5.75 Å². The van der Waals surface area contributed by atoms with E-state index >= 15 is 0 Å². The summed E-state index contributed by atoms with van der Waals surface area (Å²) in [6.07, 6.45) is 0.794. The molecule has 1 aliphatic rings. The number of amides is 1. The molecule has 5 heteroatoms. The first-order valence-electron chi connectivity index (χ1n) is 8.79. The second-order valence-corrected chi connectivity index (χ2v) is 6.39. The molecule has 136 valence electrons. The van der Waals surface area contributed by atoms with Crippen molar-refractivity contribution >= 4 is 11.7 Å². The first kappa shape index (κ1) is 18.1. The van der Waals surface area contributed by atoms with Crippen molar-refractivity contribution in [3.63, 3.8) is 0 Å². The SMILES string of the molecule is CC(=O)c1ccc(OCC(=O)N2CCO[C@@H](Cc3ccccc3)C2)cc1. The van der Waals surface area contributed by atoms with Crippen molar-refractivity contribution in [3.8, 4) is 5.75 Å². The van der Waals surface area contributed by atoms with Gasteiger partial charge in [-0.3, -0.25) is 9.59 Å². The molecule has 1 atom stereocenters. The van der Waals surface area contributed by atoms with Crippen molar-refractivity contribution in [2.45, 2.75) is 19.4 Å². The maximum absolute atomic E-state index is 12.4. The standard InChI is InChI=1S/C21H23NO4/c1-16(23)18-7-9-19(10-8-18)26-15-21(24)22-11-12-25-20(14-22)13-17-5-3-2-4-6-17/h2-10,20H,11-15H2,1H3/t20-/m0/s1. The molecule has 0 N–H and O–H groups in total. The summed E-state index contributed by atoms with van der Waals surface area (Å²) in [5, 5.41) is 0. The molecular formula is C21H23NO4. The number of ether oxygens (including phenoxy) is 2. The molecule has 3 rings (SSSR count). The van der Waals surface area contributed by atoms with Crippen molar-refractivity contribution in [2.75, 3.05) is 26.3 Å². The zero-order valence-electron chi connectivity index (χ0n) is 14.9. The number of Topliss-reactive ketones (excluding diaryl/α,β-unsaturated/α-hetero) is 1. The van der Waals surface area contributed by atoms with Gasteiger partial charge in [0.2, 0.25) is 0 Å². The van der Waals surface area contributed by atoms with Gasteiger partial charge in [0.1, 0.15) is 5.75 Å². The number of hydrogen-bond acceptors (Lipinski definition) is 4. The van der Waals surface area contributed by atoms with Gasteiger partial charge < -0.3 is 14.4 Å². The Kier molecular flexibility index (Phi) is 6.02. The van der Waals surface area contributed by atoms with Gasteiger partial charge in [0.25, 0.3) is 5.91 Å². The first-order chi connectivity index (χ1) is 12.6. The van der Waals surface area contributed by atoms with Gasteiger partial charge in [-0.25, -0.2) is 0 Å². The lowest BCUT2D eigenvalue weighted by Gasteiger charge is -2.33. The monoisotopic (exact) mass is 353 g/mol. The predicted molar refractivity (Wildman–Crippen MR) is 98.4 cm³/mol. The number of rotatable bonds is 6. The number of carbonyl (C=O) groups excluding carboxylic acids is 2. The predicted octanol–water partition coefficient (Wildman–Crippen LogP) is 2.74. The van der Waals surface area contributed by atoms with Crippen LogP contribution in [0, 0.1) is 0 Å². The van der Waals surface area contributed by atoms with E-state index in [0.29, 0.717) is 31.0 Å². The van der Waals surface area contributed by atoms with Gasteiger partial charge in [-0.2, -0.15) is 0 Å². The van der Waals surface area contributed by atoms with Crippen LogP contribution in [0.4, 0.5) is 0 Å². The molecule has 0 unspecified atom stereocenters. The normalized spacial score (nSPS) is 17.0. The van der Waals surface area contributed by atoms with Crippen LogP contribution in [-0.4, -0.2) is 49.0 Å². The topological polar surface area (TPSA) is 55.8 Å². The summed E-state index contributed by atoms with van der Waals surface area (Å²) < 4.78 is 11.4. The van der Waals surface area contributed by atoms with Crippen molar-refractivity contribution in [3.05, 3.63) is 65.7 Å². The van der Waals surface area contributed by atoms with Crippen molar-refractivity contribution in [1.82, 2.24) is 4.90 Å². The fourth-order valence-electron chi connectivity index (χ4n) is 2.97. The van der Waals surface area contributed by atoms with Crippen LogP contribution >= 0.6 is 0 Å². The van der Waals surface area contributed by atoms with E-state index in [1.54, 1.807) is 29.2 Å². The van der Waals surface area contributed by atoms with Crippen molar-refractivity contribution in [1.29, 1.82) is 0 Å². The van der Waals surface area contributed by atoms with Gasteiger partial charge in [0, 0.05) is 25.1 Å². The number of hydrogen-bond donors (Lipinski definition) is 0. The molecule has 1 heterocycles. The van der Waals surface area contributed by atoms with E-state index in [0.717, 1.165) is 6.42 Å². The molecule has 5 nitrogen and oxygen atoms in total. The Morgan fingerprint density at radius 1 is 1.12 bits per heavy atom. The molecule has 0 spiro atoms. The number of ketones is 1. The van der Waals surface area contributed by atoms with Crippen LogP contribution in [0.2, 0.25) is 0 Å². The van der Waals surface area contributed by atoms with Gasteiger partial charge in [-0.1, -0.05) is 30.3 Å². The van der Waals surface area contributed by atoms with Crippen molar-refractivity contribution in [2.24, 2.45) is 0 Å². The van der Waals surface area contributed by atoms with Gasteiger partial charge in [0.15, 0.2) is 12.4 Å². The number of nitrogens with zero attached hydrogens (tertiary/aromatic N) is 1. The smallest absolute Gasteiger partial charge is 0.260 e. The molecule has 26 heavy (non-hydrogen) atoms. The summed E-state index contributed by atoms with van der Waals surface area (Å²) in [6.45, 7) is 3.19. The van der Waals surface area contributed by atoms with Crippen LogP contribution in [0.15, 0.2) is 54.6 Å². The van der Waals surface area contributed by atoms with Crippen LogP contribution in [0.3, 0.4) is 0 Å². The Hall–Kier alpha value is -2.66. The number of morpholine rings is 1. The minimum absolute atomic E-state index is 0.00458. The third kappa shape index (κ3) is 4.92. The summed E-state index contributed by atoms with van der Waals surface area (Å²) >= 11 is 0. The molecule has 1 saturated heterocycles. The highest BCUT2D eigenvalue weighted by Gasteiger charge is 2.24. The first-order valence-corrected chi connectivity index (χ1v) is 8.79. The average molecular weight is 353 g/mol. The summed E-state index contributed by atoms with van der Waals surface area (Å²) in [5.41, 5.74) is 1.83. The lowest BCUT2D eigenvalue weighted by atomic mass is 10.1. The van der Waals surface area contributed by atoms with E-state index < -0.39 is 0 Å². The van der Waals surface area contributed by atoms with Gasteiger partial charge in [-0.15, -0.1) is 0 Å². The molecule has 0 aliphatic carbocycles. The largest absolute Gasteiger partial charge is 0.484 e.